The zero-order valence-electron chi connectivity index (χ0n) is 7.72. The fourth-order valence-electron chi connectivity index (χ4n) is 1.51. The SMILES string of the molecule is C=C/C=C\C(=C/C)C1(CN)CC1. The van der Waals surface area contributed by atoms with Crippen molar-refractivity contribution in [1.82, 2.24) is 0 Å². The number of rotatable bonds is 4. The van der Waals surface area contributed by atoms with Crippen molar-refractivity contribution in [1.29, 1.82) is 0 Å². The predicted molar refractivity (Wildman–Crippen MR) is 53.8 cm³/mol. The maximum Gasteiger partial charge on any atom is 0.00729 e. The van der Waals surface area contributed by atoms with Gasteiger partial charge in [-0.15, -0.1) is 0 Å². The molecule has 0 atom stereocenters. The van der Waals surface area contributed by atoms with Gasteiger partial charge in [0, 0.05) is 12.0 Å². The highest BCUT2D eigenvalue weighted by atomic mass is 14.7. The zero-order chi connectivity index (χ0) is 9.03. The Morgan fingerprint density at radius 3 is 2.58 bits per heavy atom. The molecule has 0 aliphatic heterocycles. The highest BCUT2D eigenvalue weighted by molar-refractivity contribution is 5.33. The molecule has 0 saturated heterocycles. The highest BCUT2D eigenvalue weighted by Gasteiger charge is 2.43. The van der Waals surface area contributed by atoms with Crippen LogP contribution >= 0.6 is 0 Å². The quantitative estimate of drug-likeness (QED) is 0.633. The molecule has 12 heavy (non-hydrogen) atoms. The van der Waals surface area contributed by atoms with E-state index in [0.29, 0.717) is 5.41 Å². The molecule has 1 fully saturated rings. The fourth-order valence-corrected chi connectivity index (χ4v) is 1.51. The van der Waals surface area contributed by atoms with Gasteiger partial charge in [0.1, 0.15) is 0 Å². The molecule has 0 spiro atoms. The van der Waals surface area contributed by atoms with Gasteiger partial charge in [0.2, 0.25) is 0 Å². The summed E-state index contributed by atoms with van der Waals surface area (Å²) in [7, 11) is 0. The van der Waals surface area contributed by atoms with Crippen molar-refractivity contribution >= 4 is 0 Å². The average Bonchev–Trinajstić information content (AvgIpc) is 2.87. The van der Waals surface area contributed by atoms with E-state index in [1.165, 1.54) is 18.4 Å². The third-order valence-corrected chi connectivity index (χ3v) is 2.58. The van der Waals surface area contributed by atoms with Crippen molar-refractivity contribution in [3.05, 3.63) is 36.5 Å². The van der Waals surface area contributed by atoms with Crippen molar-refractivity contribution in [2.24, 2.45) is 11.1 Å². The molecular formula is C11H17N. The molecule has 0 bridgehead atoms. The number of allylic oxidation sites excluding steroid dienone is 4. The van der Waals surface area contributed by atoms with Crippen LogP contribution in [0.25, 0.3) is 0 Å². The van der Waals surface area contributed by atoms with Crippen LogP contribution in [0.3, 0.4) is 0 Å². The van der Waals surface area contributed by atoms with Gasteiger partial charge < -0.3 is 5.73 Å². The van der Waals surface area contributed by atoms with Gasteiger partial charge in [0.05, 0.1) is 0 Å². The summed E-state index contributed by atoms with van der Waals surface area (Å²) in [6, 6.07) is 0. The smallest absolute Gasteiger partial charge is 0.00729 e. The minimum absolute atomic E-state index is 0.314. The van der Waals surface area contributed by atoms with E-state index in [1.807, 2.05) is 6.08 Å². The summed E-state index contributed by atoms with van der Waals surface area (Å²) in [6.45, 7) is 6.49. The van der Waals surface area contributed by atoms with Crippen LogP contribution in [0.5, 0.6) is 0 Å². The minimum atomic E-state index is 0.314. The molecule has 1 rings (SSSR count). The van der Waals surface area contributed by atoms with Gasteiger partial charge in [0.25, 0.3) is 0 Å². The number of hydrogen-bond donors (Lipinski definition) is 1. The largest absolute Gasteiger partial charge is 0.330 e. The second kappa shape index (κ2) is 3.72. The lowest BCUT2D eigenvalue weighted by Gasteiger charge is -2.12. The third kappa shape index (κ3) is 1.67. The van der Waals surface area contributed by atoms with E-state index in [2.05, 4.69) is 25.7 Å². The van der Waals surface area contributed by atoms with Gasteiger partial charge in [-0.3, -0.25) is 0 Å². The van der Waals surface area contributed by atoms with Gasteiger partial charge >= 0.3 is 0 Å². The standard InChI is InChI=1S/C11H17N/c1-3-5-6-10(4-2)11(9-12)7-8-11/h3-6H,1,7-9,12H2,2H3/b6-5-,10-4+. The first-order chi connectivity index (χ1) is 5.79. The first-order valence-corrected chi connectivity index (χ1v) is 4.45. The second-order valence-electron chi connectivity index (χ2n) is 3.32. The van der Waals surface area contributed by atoms with E-state index in [-0.39, 0.29) is 0 Å². The molecular weight excluding hydrogens is 146 g/mol. The predicted octanol–water partition coefficient (Wildman–Crippen LogP) is 2.41. The normalized spacial score (nSPS) is 21.3. The summed E-state index contributed by atoms with van der Waals surface area (Å²) < 4.78 is 0. The lowest BCUT2D eigenvalue weighted by atomic mass is 9.95. The first-order valence-electron chi connectivity index (χ1n) is 4.45. The molecule has 66 valence electrons. The van der Waals surface area contributed by atoms with Crippen LogP contribution in [0, 0.1) is 5.41 Å². The topological polar surface area (TPSA) is 26.0 Å². The van der Waals surface area contributed by atoms with E-state index >= 15 is 0 Å². The highest BCUT2D eigenvalue weighted by Crippen LogP contribution is 2.51. The van der Waals surface area contributed by atoms with Crippen molar-refractivity contribution in [2.45, 2.75) is 19.8 Å². The van der Waals surface area contributed by atoms with Crippen LogP contribution in [0.2, 0.25) is 0 Å². The Morgan fingerprint density at radius 1 is 1.58 bits per heavy atom. The molecule has 0 aromatic carbocycles. The maximum absolute atomic E-state index is 5.72. The van der Waals surface area contributed by atoms with Crippen LogP contribution in [0.4, 0.5) is 0 Å². The lowest BCUT2D eigenvalue weighted by Crippen LogP contribution is -2.16. The van der Waals surface area contributed by atoms with E-state index in [1.54, 1.807) is 6.08 Å². The van der Waals surface area contributed by atoms with Gasteiger partial charge in [-0.1, -0.05) is 30.9 Å². The van der Waals surface area contributed by atoms with E-state index < -0.39 is 0 Å². The third-order valence-electron chi connectivity index (χ3n) is 2.58. The van der Waals surface area contributed by atoms with Gasteiger partial charge in [0.15, 0.2) is 0 Å². The Morgan fingerprint density at radius 2 is 2.25 bits per heavy atom. The second-order valence-corrected chi connectivity index (χ2v) is 3.32. The van der Waals surface area contributed by atoms with Crippen LogP contribution < -0.4 is 5.73 Å². The van der Waals surface area contributed by atoms with E-state index in [9.17, 15) is 0 Å². The zero-order valence-corrected chi connectivity index (χ0v) is 7.72. The van der Waals surface area contributed by atoms with Crippen molar-refractivity contribution < 1.29 is 0 Å². The van der Waals surface area contributed by atoms with Gasteiger partial charge in [-0.2, -0.15) is 0 Å². The molecule has 2 N–H and O–H groups in total. The number of nitrogens with two attached hydrogens (primary N) is 1. The van der Waals surface area contributed by atoms with Crippen LogP contribution in [-0.2, 0) is 0 Å². The maximum atomic E-state index is 5.72. The summed E-state index contributed by atoms with van der Waals surface area (Å²) in [5, 5.41) is 0. The van der Waals surface area contributed by atoms with Crippen molar-refractivity contribution in [2.75, 3.05) is 6.54 Å². The molecule has 0 amide bonds. The molecule has 1 aliphatic rings. The summed E-state index contributed by atoms with van der Waals surface area (Å²) in [5.41, 5.74) is 7.40. The molecule has 1 nitrogen and oxygen atoms in total. The Hall–Kier alpha value is -0.820. The van der Waals surface area contributed by atoms with Crippen LogP contribution in [-0.4, -0.2) is 6.54 Å². The Bertz CT molecular complexity index is 219. The lowest BCUT2D eigenvalue weighted by molar-refractivity contribution is 0.636. The molecule has 0 aromatic rings. The van der Waals surface area contributed by atoms with Crippen LogP contribution in [0.15, 0.2) is 36.5 Å². The summed E-state index contributed by atoms with van der Waals surface area (Å²) in [5.74, 6) is 0. The first kappa shape index (κ1) is 9.27. The summed E-state index contributed by atoms with van der Waals surface area (Å²) in [4.78, 5) is 0. The molecule has 0 unspecified atom stereocenters. The van der Waals surface area contributed by atoms with Gasteiger partial charge in [-0.05, 0) is 25.3 Å². The monoisotopic (exact) mass is 163 g/mol. The summed E-state index contributed by atoms with van der Waals surface area (Å²) >= 11 is 0. The van der Waals surface area contributed by atoms with E-state index in [4.69, 9.17) is 5.73 Å². The van der Waals surface area contributed by atoms with Crippen molar-refractivity contribution in [3.63, 3.8) is 0 Å². The molecule has 0 heterocycles. The molecule has 1 heteroatoms. The van der Waals surface area contributed by atoms with Crippen molar-refractivity contribution in [3.8, 4) is 0 Å². The Balaban J connectivity index is 2.69. The number of hydrogen-bond acceptors (Lipinski definition) is 1. The fraction of sp³-hybridized carbons (Fsp3) is 0.455. The molecule has 0 aromatic heterocycles. The molecule has 1 saturated carbocycles. The Kier molecular flexibility index (Phi) is 2.88. The van der Waals surface area contributed by atoms with E-state index in [0.717, 1.165) is 6.54 Å². The molecule has 0 radical (unpaired) electrons. The minimum Gasteiger partial charge on any atom is -0.330 e. The van der Waals surface area contributed by atoms with Crippen LogP contribution in [0.1, 0.15) is 19.8 Å². The Labute approximate surface area is 74.7 Å². The van der Waals surface area contributed by atoms with Gasteiger partial charge in [-0.25, -0.2) is 0 Å². The molecule has 1 aliphatic carbocycles. The summed E-state index contributed by atoms with van der Waals surface area (Å²) in [6.07, 6.45) is 10.5. The average molecular weight is 163 g/mol.